The maximum atomic E-state index is 11.4. The van der Waals surface area contributed by atoms with Crippen molar-refractivity contribution in [3.63, 3.8) is 0 Å². The number of likely N-dealkylation sites (tertiary alicyclic amines) is 1. The van der Waals surface area contributed by atoms with Gasteiger partial charge in [-0.25, -0.2) is 0 Å². The Morgan fingerprint density at radius 2 is 1.55 bits per heavy atom. The summed E-state index contributed by atoms with van der Waals surface area (Å²) in [6.45, 7) is 2.78. The van der Waals surface area contributed by atoms with Gasteiger partial charge in [0.25, 0.3) is 5.08 Å². The molecule has 1 heterocycles. The van der Waals surface area contributed by atoms with E-state index >= 15 is 0 Å². The van der Waals surface area contributed by atoms with Crippen molar-refractivity contribution in [2.45, 2.75) is 37.3 Å². The average molecular weight is 332 g/mol. The Labute approximate surface area is 118 Å². The lowest BCUT2D eigenvalue weighted by Crippen LogP contribution is -2.56. The predicted octanol–water partition coefficient (Wildman–Crippen LogP) is 0.253. The highest BCUT2D eigenvalue weighted by Gasteiger charge is 2.62. The largest absolute Gasteiger partial charge is 0.369 e. The quantitative estimate of drug-likeness (QED) is 0.368. The Kier molecular flexibility index (Phi) is 4.98. The van der Waals surface area contributed by atoms with Crippen molar-refractivity contribution in [1.82, 2.24) is 0 Å². The zero-order valence-electron chi connectivity index (χ0n) is 11.9. The maximum Gasteiger partial charge on any atom is 0.369 e. The van der Waals surface area contributed by atoms with Crippen LogP contribution in [0.2, 0.25) is 0 Å². The van der Waals surface area contributed by atoms with Crippen LogP contribution in [0.15, 0.2) is 0 Å². The Bertz CT molecular complexity index is 433. The minimum atomic E-state index is -5.37. The molecule has 0 radical (unpaired) electrons. The summed E-state index contributed by atoms with van der Waals surface area (Å²) < 4.78 is 23.2. The fraction of sp³-hybridized carbons (Fsp3) is 1.00. The van der Waals surface area contributed by atoms with Crippen LogP contribution in [0.3, 0.4) is 0 Å². The second kappa shape index (κ2) is 5.45. The fourth-order valence-corrected chi connectivity index (χ4v) is 5.20. The second-order valence-corrected chi connectivity index (χ2v) is 10.4. The maximum absolute atomic E-state index is 11.4. The van der Waals surface area contributed by atoms with Crippen molar-refractivity contribution >= 4 is 15.2 Å². The van der Waals surface area contributed by atoms with Crippen LogP contribution in [-0.2, 0) is 9.13 Å². The van der Waals surface area contributed by atoms with Gasteiger partial charge in [-0.15, -0.1) is 0 Å². The van der Waals surface area contributed by atoms with E-state index in [1.807, 2.05) is 21.0 Å². The molecule has 0 spiro atoms. The first-order chi connectivity index (χ1) is 8.71. The molecular formula is C10H24NO7P2+. The van der Waals surface area contributed by atoms with E-state index in [1.165, 1.54) is 0 Å². The van der Waals surface area contributed by atoms with Gasteiger partial charge in [-0.05, 0) is 6.42 Å². The molecule has 0 bridgehead atoms. The van der Waals surface area contributed by atoms with Gasteiger partial charge >= 0.3 is 15.2 Å². The topological polar surface area (TPSA) is 135 Å². The molecule has 120 valence electrons. The Morgan fingerprint density at radius 3 is 1.90 bits per heavy atom. The molecule has 2 atom stereocenters. The van der Waals surface area contributed by atoms with Crippen LogP contribution in [0.4, 0.5) is 0 Å². The molecule has 1 fully saturated rings. The Hall–Kier alpha value is 0.220. The van der Waals surface area contributed by atoms with E-state index in [-0.39, 0.29) is 0 Å². The molecule has 1 saturated heterocycles. The van der Waals surface area contributed by atoms with Crippen LogP contribution in [0.25, 0.3) is 0 Å². The van der Waals surface area contributed by atoms with E-state index < -0.39 is 32.7 Å². The highest BCUT2D eigenvalue weighted by Crippen LogP contribution is 2.69. The third kappa shape index (κ3) is 3.51. The zero-order valence-corrected chi connectivity index (χ0v) is 13.7. The van der Waals surface area contributed by atoms with Crippen LogP contribution >= 0.6 is 15.2 Å². The lowest BCUT2D eigenvalue weighted by atomic mass is 9.91. The number of hydrogen-bond donors (Lipinski definition) is 5. The number of aliphatic hydroxyl groups is 1. The normalized spacial score (nSPS) is 28.4. The van der Waals surface area contributed by atoms with Gasteiger partial charge in [-0.3, -0.25) is 9.13 Å². The van der Waals surface area contributed by atoms with Gasteiger partial charge < -0.3 is 29.2 Å². The molecule has 8 nitrogen and oxygen atoms in total. The molecule has 1 aliphatic rings. The summed E-state index contributed by atoms with van der Waals surface area (Å²) in [5.74, 6) is 0.416. The molecule has 0 amide bonds. The van der Waals surface area contributed by atoms with E-state index in [0.717, 1.165) is 13.0 Å². The zero-order chi connectivity index (χ0) is 16.0. The van der Waals surface area contributed by atoms with Crippen LogP contribution in [0, 0.1) is 5.92 Å². The van der Waals surface area contributed by atoms with Crippen LogP contribution in [0.1, 0.15) is 26.2 Å². The Morgan fingerprint density at radius 1 is 1.10 bits per heavy atom. The average Bonchev–Trinajstić information content (AvgIpc) is 2.17. The molecule has 0 aliphatic carbocycles. The summed E-state index contributed by atoms with van der Waals surface area (Å²) in [4.78, 5) is 36.7. The van der Waals surface area contributed by atoms with Gasteiger partial charge in [0.1, 0.15) is 0 Å². The number of quaternary nitrogens is 1. The summed E-state index contributed by atoms with van der Waals surface area (Å²) in [6, 6.07) is -0.420. The van der Waals surface area contributed by atoms with E-state index in [9.17, 15) is 33.8 Å². The Balaban J connectivity index is 3.10. The number of hydrogen-bond acceptors (Lipinski definition) is 3. The SMILES string of the molecule is CC1CCC(CC(O)(P(=O)(O)O)P(=O)(O)O)[N+](C)(C)C1. The predicted molar refractivity (Wildman–Crippen MR) is 72.8 cm³/mol. The summed E-state index contributed by atoms with van der Waals surface area (Å²) in [5.41, 5.74) is 0. The molecule has 0 saturated carbocycles. The van der Waals surface area contributed by atoms with Crippen molar-refractivity contribution in [2.75, 3.05) is 20.6 Å². The lowest BCUT2D eigenvalue weighted by molar-refractivity contribution is -0.924. The van der Waals surface area contributed by atoms with Crippen molar-refractivity contribution < 1.29 is 38.3 Å². The molecule has 2 unspecified atom stereocenters. The standard InChI is InChI=1S/C10H23NO7P2/c1-8-4-5-9(11(2,3)7-8)6-10(12,19(13,14)15)20(16,17)18/h8-9,12H,4-7H2,1-3H3,(H3-,13,14,15,16,17,18)/p+1. The van der Waals surface area contributed by atoms with E-state index in [1.54, 1.807) is 0 Å². The first-order valence-electron chi connectivity index (χ1n) is 6.37. The van der Waals surface area contributed by atoms with Gasteiger partial charge in [0, 0.05) is 12.3 Å². The molecule has 1 aliphatic heterocycles. The minimum Gasteiger partial charge on any atom is -0.367 e. The summed E-state index contributed by atoms with van der Waals surface area (Å²) in [7, 11) is -7.06. The third-order valence-corrected chi connectivity index (χ3v) is 8.00. The molecule has 5 N–H and O–H groups in total. The number of piperidine rings is 1. The smallest absolute Gasteiger partial charge is 0.367 e. The van der Waals surface area contributed by atoms with Gasteiger partial charge in [-0.1, -0.05) is 6.92 Å². The fourth-order valence-electron chi connectivity index (χ4n) is 2.94. The summed E-state index contributed by atoms with van der Waals surface area (Å²) >= 11 is 0. The third-order valence-electron chi connectivity index (χ3n) is 4.21. The molecule has 20 heavy (non-hydrogen) atoms. The second-order valence-electron chi connectivity index (χ2n) is 6.36. The lowest BCUT2D eigenvalue weighted by Gasteiger charge is -2.46. The van der Waals surface area contributed by atoms with Crippen molar-refractivity contribution in [1.29, 1.82) is 0 Å². The van der Waals surface area contributed by atoms with Crippen molar-refractivity contribution in [2.24, 2.45) is 5.92 Å². The van der Waals surface area contributed by atoms with Crippen LogP contribution < -0.4 is 0 Å². The molecule has 0 aromatic heterocycles. The molecule has 1 rings (SSSR count). The summed E-state index contributed by atoms with van der Waals surface area (Å²) in [5, 5.41) is 6.69. The first kappa shape index (κ1) is 18.3. The monoisotopic (exact) mass is 332 g/mol. The van der Waals surface area contributed by atoms with Gasteiger partial charge in [0.05, 0.1) is 33.1 Å². The van der Waals surface area contributed by atoms with E-state index in [0.29, 0.717) is 16.8 Å². The molecular weight excluding hydrogens is 308 g/mol. The van der Waals surface area contributed by atoms with Gasteiger partial charge in [-0.2, -0.15) is 0 Å². The number of nitrogens with zero attached hydrogens (tertiary/aromatic N) is 1. The summed E-state index contributed by atoms with van der Waals surface area (Å²) in [6.07, 6.45) is 0.725. The molecule has 0 aromatic carbocycles. The molecule has 0 aromatic rings. The number of rotatable bonds is 4. The van der Waals surface area contributed by atoms with Crippen molar-refractivity contribution in [3.05, 3.63) is 0 Å². The first-order valence-corrected chi connectivity index (χ1v) is 9.59. The van der Waals surface area contributed by atoms with Crippen LogP contribution in [0.5, 0.6) is 0 Å². The minimum absolute atomic E-state index is 0.365. The molecule has 10 heteroatoms. The van der Waals surface area contributed by atoms with E-state index in [2.05, 4.69) is 0 Å². The van der Waals surface area contributed by atoms with Gasteiger partial charge in [0.15, 0.2) is 0 Å². The van der Waals surface area contributed by atoms with Crippen molar-refractivity contribution in [3.8, 4) is 0 Å². The highest BCUT2D eigenvalue weighted by atomic mass is 31.2. The van der Waals surface area contributed by atoms with E-state index in [4.69, 9.17) is 0 Å². The van der Waals surface area contributed by atoms with Crippen LogP contribution in [-0.4, -0.2) is 60.9 Å². The van der Waals surface area contributed by atoms with Gasteiger partial charge in [0.2, 0.25) is 0 Å². The highest BCUT2D eigenvalue weighted by molar-refractivity contribution is 7.72.